The van der Waals surface area contributed by atoms with Gasteiger partial charge in [0, 0.05) is 25.2 Å². The van der Waals surface area contributed by atoms with E-state index in [0.29, 0.717) is 12.1 Å². The van der Waals surface area contributed by atoms with E-state index < -0.39 is 7.59 Å². The summed E-state index contributed by atoms with van der Waals surface area (Å²) < 4.78 is 21.7. The second kappa shape index (κ2) is 8.23. The molecule has 2 heterocycles. The lowest BCUT2D eigenvalue weighted by Crippen LogP contribution is -2.46. The molecule has 0 N–H and O–H groups in total. The van der Waals surface area contributed by atoms with Gasteiger partial charge in [-0.05, 0) is 64.5 Å². The summed E-state index contributed by atoms with van der Waals surface area (Å²) in [5, 5.41) is 0. The second-order valence-corrected chi connectivity index (χ2v) is 12.3. The fourth-order valence-corrected chi connectivity index (χ4v) is 10.1. The number of likely N-dealkylation sites (N-methyl/N-ethyl adjacent to an activating group) is 2. The van der Waals surface area contributed by atoms with Gasteiger partial charge in [-0.15, -0.1) is 0 Å². The third kappa shape index (κ3) is 3.34. The highest BCUT2D eigenvalue weighted by atomic mass is 31.2. The Bertz CT molecular complexity index is 475. The number of hydrogen-bond acceptors (Lipinski definition) is 1. The molecule has 2 aliphatic carbocycles. The largest absolute Gasteiger partial charge is 0.286 e. The fraction of sp³-hybridized carbons (Fsp3) is 1.00. The van der Waals surface area contributed by atoms with Crippen LogP contribution in [0.25, 0.3) is 0 Å². The van der Waals surface area contributed by atoms with Gasteiger partial charge in [-0.1, -0.05) is 44.9 Å². The van der Waals surface area contributed by atoms with Crippen molar-refractivity contribution in [1.82, 2.24) is 14.0 Å². The molecule has 4 rings (SSSR count). The van der Waals surface area contributed by atoms with Crippen molar-refractivity contribution in [2.45, 2.75) is 95.6 Å². The summed E-state index contributed by atoms with van der Waals surface area (Å²) in [7, 11) is 1.86. The molecule has 0 aromatic carbocycles. The zero-order chi connectivity index (χ0) is 18.1. The highest BCUT2D eigenvalue weighted by Gasteiger charge is 2.58. The van der Waals surface area contributed by atoms with Gasteiger partial charge in [-0.2, -0.15) is 0 Å². The van der Waals surface area contributed by atoms with Crippen LogP contribution in [0.4, 0.5) is 0 Å². The molecule has 2 atom stereocenters. The summed E-state index contributed by atoms with van der Waals surface area (Å²) in [5.41, 5.74) is 0. The molecule has 0 amide bonds. The van der Waals surface area contributed by atoms with Crippen LogP contribution in [0.1, 0.15) is 83.5 Å². The van der Waals surface area contributed by atoms with Gasteiger partial charge < -0.3 is 0 Å². The first-order valence-electron chi connectivity index (χ1n) is 11.5. The Morgan fingerprint density at radius 1 is 0.615 bits per heavy atom. The van der Waals surface area contributed by atoms with E-state index >= 15 is 0 Å². The van der Waals surface area contributed by atoms with Gasteiger partial charge in [0.1, 0.15) is 0 Å². The number of piperidine rings is 1. The molecule has 4 aliphatic rings. The molecule has 4 fully saturated rings. The Hall–Kier alpha value is 0.110. The predicted octanol–water partition coefficient (Wildman–Crippen LogP) is 5.36. The molecule has 5 heteroatoms. The number of hydrogen-bond donors (Lipinski definition) is 0. The average Bonchev–Trinajstić information content (AvgIpc) is 2.92. The summed E-state index contributed by atoms with van der Waals surface area (Å²) >= 11 is 0. The minimum atomic E-state index is -2.57. The summed E-state index contributed by atoms with van der Waals surface area (Å²) in [4.78, 5) is 0. The molecule has 0 aromatic heterocycles. The first-order valence-corrected chi connectivity index (χ1v) is 13.0. The summed E-state index contributed by atoms with van der Waals surface area (Å²) in [6, 6.07) is 1.02. The first-order chi connectivity index (χ1) is 12.6. The highest BCUT2D eigenvalue weighted by Crippen LogP contribution is 2.65. The van der Waals surface area contributed by atoms with E-state index in [1.54, 1.807) is 0 Å². The van der Waals surface area contributed by atoms with Gasteiger partial charge in [0.2, 0.25) is 0 Å². The van der Waals surface area contributed by atoms with Crippen LogP contribution in [0.5, 0.6) is 0 Å². The molecule has 4 nitrogen and oxygen atoms in total. The lowest BCUT2D eigenvalue weighted by molar-refractivity contribution is 0.122. The van der Waals surface area contributed by atoms with Crippen LogP contribution in [-0.2, 0) is 4.57 Å². The van der Waals surface area contributed by atoms with Crippen molar-refractivity contribution in [3.8, 4) is 0 Å². The molecule has 150 valence electrons. The molecule has 0 bridgehead atoms. The molecular formula is C21H40N3OP. The molecule has 26 heavy (non-hydrogen) atoms. The van der Waals surface area contributed by atoms with Gasteiger partial charge in [0.15, 0.2) is 0 Å². The smallest absolute Gasteiger partial charge is 0.270 e. The van der Waals surface area contributed by atoms with Crippen LogP contribution in [-0.4, -0.2) is 53.3 Å². The monoisotopic (exact) mass is 381 g/mol. The SMILES string of the molecule is CN1[C@H](C2CCCCC2)[C@@H](C2CCCCC2)N(C)P1(=O)N1CCCCC1. The molecule has 2 aliphatic heterocycles. The van der Waals surface area contributed by atoms with E-state index in [4.69, 9.17) is 0 Å². The molecule has 0 radical (unpaired) electrons. The van der Waals surface area contributed by atoms with Crippen molar-refractivity contribution in [2.24, 2.45) is 11.8 Å². The minimum Gasteiger partial charge on any atom is -0.270 e. The van der Waals surface area contributed by atoms with Crippen LogP contribution < -0.4 is 0 Å². The van der Waals surface area contributed by atoms with Crippen molar-refractivity contribution in [3.05, 3.63) is 0 Å². The molecule has 0 unspecified atom stereocenters. The first kappa shape index (κ1) is 19.4. The van der Waals surface area contributed by atoms with E-state index in [1.807, 2.05) is 0 Å². The third-order valence-corrected chi connectivity index (χ3v) is 11.3. The van der Waals surface area contributed by atoms with Gasteiger partial charge in [0.25, 0.3) is 7.59 Å². The van der Waals surface area contributed by atoms with Crippen molar-refractivity contribution >= 4 is 7.59 Å². The lowest BCUT2D eigenvalue weighted by Gasteiger charge is -2.40. The Kier molecular flexibility index (Phi) is 6.15. The summed E-state index contributed by atoms with van der Waals surface area (Å²) in [6.07, 6.45) is 17.5. The Balaban J connectivity index is 1.65. The maximum absolute atomic E-state index is 14.5. The number of nitrogens with zero attached hydrogens (tertiary/aromatic N) is 3. The maximum Gasteiger partial charge on any atom is 0.286 e. The van der Waals surface area contributed by atoms with Crippen molar-refractivity contribution in [1.29, 1.82) is 0 Å². The van der Waals surface area contributed by atoms with E-state index in [1.165, 1.54) is 83.5 Å². The third-order valence-electron chi connectivity index (χ3n) is 8.00. The van der Waals surface area contributed by atoms with Crippen molar-refractivity contribution in [2.75, 3.05) is 27.2 Å². The Labute approximate surface area is 161 Å². The molecule has 2 saturated heterocycles. The van der Waals surface area contributed by atoms with Gasteiger partial charge in [0.05, 0.1) is 0 Å². The predicted molar refractivity (Wildman–Crippen MR) is 109 cm³/mol. The minimum absolute atomic E-state index is 0.510. The topological polar surface area (TPSA) is 26.8 Å². The molecule has 0 aromatic rings. The van der Waals surface area contributed by atoms with Crippen LogP contribution in [0.2, 0.25) is 0 Å². The Morgan fingerprint density at radius 3 is 1.42 bits per heavy atom. The maximum atomic E-state index is 14.5. The average molecular weight is 382 g/mol. The lowest BCUT2D eigenvalue weighted by atomic mass is 9.74. The van der Waals surface area contributed by atoms with Gasteiger partial charge in [-0.3, -0.25) is 4.57 Å². The molecule has 2 saturated carbocycles. The second-order valence-electron chi connectivity index (χ2n) is 9.45. The van der Waals surface area contributed by atoms with Gasteiger partial charge in [-0.25, -0.2) is 14.0 Å². The fourth-order valence-electron chi connectivity index (χ4n) is 6.67. The normalized spacial score (nSPS) is 36.5. The van der Waals surface area contributed by atoms with Gasteiger partial charge >= 0.3 is 0 Å². The zero-order valence-electron chi connectivity index (χ0n) is 17.1. The quantitative estimate of drug-likeness (QED) is 0.615. The van der Waals surface area contributed by atoms with Crippen LogP contribution in [0.3, 0.4) is 0 Å². The molecular weight excluding hydrogens is 341 g/mol. The van der Waals surface area contributed by atoms with E-state index in [-0.39, 0.29) is 0 Å². The van der Waals surface area contributed by atoms with E-state index in [9.17, 15) is 4.57 Å². The van der Waals surface area contributed by atoms with E-state index in [2.05, 4.69) is 28.1 Å². The van der Waals surface area contributed by atoms with Crippen molar-refractivity contribution in [3.63, 3.8) is 0 Å². The van der Waals surface area contributed by atoms with Crippen LogP contribution in [0.15, 0.2) is 0 Å². The summed E-state index contributed by atoms with van der Waals surface area (Å²) in [5.74, 6) is 1.51. The van der Waals surface area contributed by atoms with Crippen LogP contribution in [0, 0.1) is 11.8 Å². The van der Waals surface area contributed by atoms with Crippen molar-refractivity contribution < 1.29 is 4.57 Å². The zero-order valence-corrected chi connectivity index (χ0v) is 18.0. The Morgan fingerprint density at radius 2 is 1.00 bits per heavy atom. The summed E-state index contributed by atoms with van der Waals surface area (Å²) in [6.45, 7) is 2.06. The van der Waals surface area contributed by atoms with E-state index in [0.717, 1.165) is 24.9 Å². The standard InChI is InChI=1S/C21H40N3OP/c1-22-20(18-12-6-3-7-13-18)21(19-14-8-4-9-15-19)23(2)26(22,25)24-16-10-5-11-17-24/h18-21H,3-17H2,1-2H3/t20-,21-/m1/s1. The highest BCUT2D eigenvalue weighted by molar-refractivity contribution is 7.56. The molecule has 0 spiro atoms. The van der Waals surface area contributed by atoms with Crippen LogP contribution >= 0.6 is 7.59 Å². The number of rotatable bonds is 3.